The second-order valence-corrected chi connectivity index (χ2v) is 11.7. The summed E-state index contributed by atoms with van der Waals surface area (Å²) in [5.41, 5.74) is -0.370. The third-order valence-electron chi connectivity index (χ3n) is 4.48. The standard InChI is InChI=1S/C14H25NO2Si/c1-13(2,3)18(4,5)17-14(8-9-16)7-6-12(10-14)11-15/h9,12H,6-8,10H2,1-5H3/t12-,14-/m0/s1. The molecule has 3 nitrogen and oxygen atoms in total. The van der Waals surface area contributed by atoms with E-state index in [4.69, 9.17) is 9.69 Å². The van der Waals surface area contributed by atoms with E-state index in [9.17, 15) is 4.79 Å². The summed E-state index contributed by atoms with van der Waals surface area (Å²) in [7, 11) is -1.89. The highest BCUT2D eigenvalue weighted by Crippen LogP contribution is 2.46. The number of hydrogen-bond acceptors (Lipinski definition) is 3. The topological polar surface area (TPSA) is 50.1 Å². The molecule has 102 valence electrons. The van der Waals surface area contributed by atoms with Crippen LogP contribution in [-0.4, -0.2) is 20.2 Å². The molecule has 1 saturated carbocycles. The van der Waals surface area contributed by atoms with Gasteiger partial charge in [0.1, 0.15) is 6.29 Å². The summed E-state index contributed by atoms with van der Waals surface area (Å²) in [6, 6.07) is 2.32. The van der Waals surface area contributed by atoms with Crippen LogP contribution in [0.25, 0.3) is 0 Å². The van der Waals surface area contributed by atoms with Crippen molar-refractivity contribution in [1.82, 2.24) is 0 Å². The summed E-state index contributed by atoms with van der Waals surface area (Å²) in [5.74, 6) is 0.0507. The smallest absolute Gasteiger partial charge is 0.192 e. The molecule has 0 aromatic carbocycles. The maximum Gasteiger partial charge on any atom is 0.192 e. The molecule has 0 saturated heterocycles. The van der Waals surface area contributed by atoms with Crippen molar-refractivity contribution in [3.05, 3.63) is 0 Å². The average Bonchev–Trinajstić information content (AvgIpc) is 2.59. The Morgan fingerprint density at radius 2 is 2.11 bits per heavy atom. The fourth-order valence-corrected chi connectivity index (χ4v) is 4.02. The lowest BCUT2D eigenvalue weighted by Gasteiger charge is -2.43. The van der Waals surface area contributed by atoms with E-state index in [2.05, 4.69) is 39.9 Å². The van der Waals surface area contributed by atoms with Crippen LogP contribution in [-0.2, 0) is 9.22 Å². The van der Waals surface area contributed by atoms with Crippen molar-refractivity contribution in [2.75, 3.05) is 0 Å². The highest BCUT2D eigenvalue weighted by atomic mass is 28.4. The van der Waals surface area contributed by atoms with Crippen molar-refractivity contribution in [3.8, 4) is 6.07 Å². The minimum absolute atomic E-state index is 0.0507. The summed E-state index contributed by atoms with van der Waals surface area (Å²) in [6.45, 7) is 11.0. The molecule has 0 aliphatic heterocycles. The van der Waals surface area contributed by atoms with E-state index in [1.54, 1.807) is 0 Å². The molecule has 1 rings (SSSR count). The van der Waals surface area contributed by atoms with E-state index < -0.39 is 8.32 Å². The van der Waals surface area contributed by atoms with Gasteiger partial charge in [-0.15, -0.1) is 0 Å². The molecular weight excluding hydrogens is 242 g/mol. The number of hydrogen-bond donors (Lipinski definition) is 0. The molecule has 0 N–H and O–H groups in total. The summed E-state index contributed by atoms with van der Waals surface area (Å²) in [6.07, 6.45) is 3.80. The highest BCUT2D eigenvalue weighted by molar-refractivity contribution is 6.74. The molecule has 1 aliphatic carbocycles. The average molecular weight is 267 g/mol. The Morgan fingerprint density at radius 3 is 2.50 bits per heavy atom. The SMILES string of the molecule is CC(C)(C)[Si](C)(C)O[C@]1(CC=O)CC[C@H](C#N)C1. The summed E-state index contributed by atoms with van der Waals surface area (Å²) >= 11 is 0. The lowest BCUT2D eigenvalue weighted by molar-refractivity contribution is -0.111. The van der Waals surface area contributed by atoms with Crippen LogP contribution in [0.1, 0.15) is 46.5 Å². The van der Waals surface area contributed by atoms with Crippen molar-refractivity contribution in [1.29, 1.82) is 5.26 Å². The Balaban J connectivity index is 2.89. The van der Waals surface area contributed by atoms with Gasteiger partial charge >= 0.3 is 0 Å². The lowest BCUT2D eigenvalue weighted by atomic mass is 9.97. The summed E-state index contributed by atoms with van der Waals surface area (Å²) < 4.78 is 6.48. The first-order chi connectivity index (χ1) is 8.16. The zero-order valence-electron chi connectivity index (χ0n) is 12.2. The van der Waals surface area contributed by atoms with Gasteiger partial charge in [0.25, 0.3) is 0 Å². The van der Waals surface area contributed by atoms with Crippen molar-refractivity contribution in [2.45, 2.75) is 70.2 Å². The quantitative estimate of drug-likeness (QED) is 0.577. The molecule has 0 aromatic heterocycles. The Hall–Kier alpha value is -0.663. The van der Waals surface area contributed by atoms with Crippen molar-refractivity contribution in [3.63, 3.8) is 0 Å². The molecule has 1 aliphatic rings. The fraction of sp³-hybridized carbons (Fsp3) is 0.857. The van der Waals surface area contributed by atoms with E-state index in [0.717, 1.165) is 25.5 Å². The van der Waals surface area contributed by atoms with Gasteiger partial charge < -0.3 is 9.22 Å². The number of nitrogens with zero attached hydrogens (tertiary/aromatic N) is 1. The van der Waals surface area contributed by atoms with Gasteiger partial charge in [0.05, 0.1) is 11.7 Å². The third-order valence-corrected chi connectivity index (χ3v) is 9.04. The van der Waals surface area contributed by atoms with Gasteiger partial charge in [-0.05, 0) is 37.4 Å². The Kier molecular flexibility index (Phi) is 4.40. The van der Waals surface area contributed by atoms with Gasteiger partial charge in [-0.2, -0.15) is 5.26 Å². The number of carbonyl (C=O) groups excluding carboxylic acids is 1. The van der Waals surface area contributed by atoms with E-state index in [0.29, 0.717) is 6.42 Å². The molecule has 0 bridgehead atoms. The van der Waals surface area contributed by atoms with Gasteiger partial charge in [0.2, 0.25) is 0 Å². The molecule has 2 atom stereocenters. The van der Waals surface area contributed by atoms with Gasteiger partial charge in [-0.1, -0.05) is 20.8 Å². The Morgan fingerprint density at radius 1 is 1.50 bits per heavy atom. The van der Waals surface area contributed by atoms with E-state index in [1.165, 1.54) is 0 Å². The molecule has 0 aromatic rings. The summed E-state index contributed by atoms with van der Waals surface area (Å²) in [5, 5.41) is 9.17. The van der Waals surface area contributed by atoms with Crippen LogP contribution in [0.4, 0.5) is 0 Å². The van der Waals surface area contributed by atoms with Crippen LogP contribution in [0.3, 0.4) is 0 Å². The lowest BCUT2D eigenvalue weighted by Crippen LogP contribution is -2.49. The molecule has 0 unspecified atom stereocenters. The second-order valence-electron chi connectivity index (χ2n) is 6.98. The zero-order valence-corrected chi connectivity index (χ0v) is 13.2. The number of carbonyl (C=O) groups is 1. The monoisotopic (exact) mass is 267 g/mol. The molecule has 0 spiro atoms. The molecule has 0 heterocycles. The molecule has 0 radical (unpaired) electrons. The number of rotatable bonds is 4. The van der Waals surface area contributed by atoms with Gasteiger partial charge in [0.15, 0.2) is 8.32 Å². The predicted molar refractivity (Wildman–Crippen MR) is 74.6 cm³/mol. The minimum Gasteiger partial charge on any atom is -0.411 e. The van der Waals surface area contributed by atoms with Gasteiger partial charge in [-0.3, -0.25) is 0 Å². The van der Waals surface area contributed by atoms with E-state index in [-0.39, 0.29) is 16.6 Å². The maximum atomic E-state index is 10.9. The normalized spacial score (nSPS) is 29.0. The number of aldehydes is 1. The first-order valence-electron chi connectivity index (χ1n) is 6.69. The summed E-state index contributed by atoms with van der Waals surface area (Å²) in [4.78, 5) is 10.9. The van der Waals surface area contributed by atoms with Crippen LogP contribution in [0, 0.1) is 17.2 Å². The highest BCUT2D eigenvalue weighted by Gasteiger charge is 2.48. The molecule has 1 fully saturated rings. The van der Waals surface area contributed by atoms with Crippen LogP contribution in [0.2, 0.25) is 18.1 Å². The Bertz CT molecular complexity index is 354. The Labute approximate surface area is 112 Å². The third kappa shape index (κ3) is 3.21. The number of nitriles is 1. The first-order valence-corrected chi connectivity index (χ1v) is 9.60. The zero-order chi connectivity index (χ0) is 14.0. The first kappa shape index (κ1) is 15.4. The van der Waals surface area contributed by atoms with E-state index >= 15 is 0 Å². The van der Waals surface area contributed by atoms with E-state index in [1.807, 2.05) is 0 Å². The maximum absolute atomic E-state index is 10.9. The second kappa shape index (κ2) is 5.14. The fourth-order valence-electron chi connectivity index (χ4n) is 2.37. The largest absolute Gasteiger partial charge is 0.411 e. The molecule has 4 heteroatoms. The minimum atomic E-state index is -1.89. The molecular formula is C14H25NO2Si. The van der Waals surface area contributed by atoms with Crippen molar-refractivity contribution < 1.29 is 9.22 Å². The van der Waals surface area contributed by atoms with Gasteiger partial charge in [0, 0.05) is 12.3 Å². The molecule has 18 heavy (non-hydrogen) atoms. The van der Waals surface area contributed by atoms with Crippen molar-refractivity contribution in [2.24, 2.45) is 5.92 Å². The van der Waals surface area contributed by atoms with Crippen LogP contribution in [0.15, 0.2) is 0 Å². The van der Waals surface area contributed by atoms with Crippen LogP contribution >= 0.6 is 0 Å². The van der Waals surface area contributed by atoms with Crippen molar-refractivity contribution >= 4 is 14.6 Å². The predicted octanol–water partition coefficient (Wildman–Crippen LogP) is 3.66. The van der Waals surface area contributed by atoms with Crippen LogP contribution in [0.5, 0.6) is 0 Å². The molecule has 0 amide bonds. The van der Waals surface area contributed by atoms with Crippen LogP contribution < -0.4 is 0 Å². The van der Waals surface area contributed by atoms with Gasteiger partial charge in [-0.25, -0.2) is 0 Å².